The smallest absolute Gasteiger partial charge is 0.261 e. The van der Waals surface area contributed by atoms with E-state index in [0.29, 0.717) is 17.5 Å². The first-order chi connectivity index (χ1) is 9.72. The quantitative estimate of drug-likeness (QED) is 0.848. The average molecular weight is 294 g/mol. The molecule has 0 radical (unpaired) electrons. The van der Waals surface area contributed by atoms with E-state index in [4.69, 9.17) is 16.3 Å². The van der Waals surface area contributed by atoms with Crippen molar-refractivity contribution in [1.82, 2.24) is 5.32 Å². The van der Waals surface area contributed by atoms with E-state index in [-0.39, 0.29) is 5.91 Å². The molecular weight excluding hydrogens is 274 g/mol. The van der Waals surface area contributed by atoms with E-state index < -0.39 is 6.10 Å². The maximum Gasteiger partial charge on any atom is 0.261 e. The second kappa shape index (κ2) is 6.04. The molecule has 1 aliphatic carbocycles. The zero-order valence-electron chi connectivity index (χ0n) is 11.5. The van der Waals surface area contributed by atoms with E-state index in [1.54, 1.807) is 6.07 Å². The lowest BCUT2D eigenvalue weighted by Gasteiger charge is -2.18. The van der Waals surface area contributed by atoms with Crippen molar-refractivity contribution >= 4 is 17.5 Å². The molecule has 3 rings (SSSR count). The van der Waals surface area contributed by atoms with E-state index >= 15 is 0 Å². The van der Waals surface area contributed by atoms with Crippen LogP contribution < -0.4 is 10.1 Å². The van der Waals surface area contributed by atoms with Crippen molar-refractivity contribution in [2.75, 3.05) is 0 Å². The molecule has 0 saturated heterocycles. The fourth-order valence-corrected chi connectivity index (χ4v) is 3.28. The molecular formula is C16H20ClNO2. The number of rotatable bonds is 2. The summed E-state index contributed by atoms with van der Waals surface area (Å²) in [4.78, 5) is 12.3. The molecule has 0 aromatic heterocycles. The summed E-state index contributed by atoms with van der Waals surface area (Å²) in [6, 6.07) is 5.85. The standard InChI is InChI=1S/C16H20ClNO2/c17-12-7-8-14-11(9-12)10-15(20-14)16(19)18-13-5-3-1-2-4-6-13/h7-9,13,15H,1-6,10H2,(H,18,19)/t15-/m0/s1. The first-order valence-corrected chi connectivity index (χ1v) is 7.85. The molecule has 1 amide bonds. The fraction of sp³-hybridized carbons (Fsp3) is 0.562. The minimum atomic E-state index is -0.397. The van der Waals surface area contributed by atoms with Gasteiger partial charge in [-0.25, -0.2) is 0 Å². The molecule has 108 valence electrons. The molecule has 1 aromatic rings. The van der Waals surface area contributed by atoms with Crippen molar-refractivity contribution in [3.05, 3.63) is 28.8 Å². The van der Waals surface area contributed by atoms with Crippen LogP contribution in [0.1, 0.15) is 44.1 Å². The van der Waals surface area contributed by atoms with Gasteiger partial charge in [0.1, 0.15) is 5.75 Å². The van der Waals surface area contributed by atoms with Gasteiger partial charge in [0, 0.05) is 17.5 Å². The van der Waals surface area contributed by atoms with Crippen LogP contribution in [0.2, 0.25) is 5.02 Å². The predicted octanol–water partition coefficient (Wildman–Crippen LogP) is 3.48. The Kier molecular flexibility index (Phi) is 4.16. The summed E-state index contributed by atoms with van der Waals surface area (Å²) in [5, 5.41) is 3.85. The van der Waals surface area contributed by atoms with Crippen LogP contribution in [-0.2, 0) is 11.2 Å². The highest BCUT2D eigenvalue weighted by Crippen LogP contribution is 2.31. The summed E-state index contributed by atoms with van der Waals surface area (Å²) in [6.45, 7) is 0. The Hall–Kier alpha value is -1.22. The van der Waals surface area contributed by atoms with Crippen molar-refractivity contribution < 1.29 is 9.53 Å². The summed E-state index contributed by atoms with van der Waals surface area (Å²) < 4.78 is 5.73. The van der Waals surface area contributed by atoms with E-state index in [1.165, 1.54) is 25.7 Å². The third-order valence-electron chi connectivity index (χ3n) is 4.19. The number of carbonyl (C=O) groups is 1. The Morgan fingerprint density at radius 3 is 2.70 bits per heavy atom. The van der Waals surface area contributed by atoms with Crippen LogP contribution in [0.4, 0.5) is 0 Å². The summed E-state index contributed by atoms with van der Waals surface area (Å²) in [5.74, 6) is 0.805. The predicted molar refractivity (Wildman–Crippen MR) is 79.2 cm³/mol. The van der Waals surface area contributed by atoms with Gasteiger partial charge in [0.2, 0.25) is 0 Å². The number of halogens is 1. The van der Waals surface area contributed by atoms with Gasteiger partial charge in [0.25, 0.3) is 5.91 Å². The molecule has 0 unspecified atom stereocenters. The monoisotopic (exact) mass is 293 g/mol. The van der Waals surface area contributed by atoms with Crippen molar-refractivity contribution in [3.63, 3.8) is 0 Å². The lowest BCUT2D eigenvalue weighted by Crippen LogP contribution is -2.43. The maximum absolute atomic E-state index is 12.3. The second-order valence-electron chi connectivity index (χ2n) is 5.76. The number of benzene rings is 1. The molecule has 4 heteroatoms. The number of fused-ring (bicyclic) bond motifs is 1. The SMILES string of the molecule is O=C(NC1CCCCCC1)[C@@H]1Cc2cc(Cl)ccc2O1. The Labute approximate surface area is 124 Å². The molecule has 1 aromatic carbocycles. The van der Waals surface area contributed by atoms with Gasteiger partial charge in [-0.2, -0.15) is 0 Å². The summed E-state index contributed by atoms with van der Waals surface area (Å²) in [7, 11) is 0. The summed E-state index contributed by atoms with van der Waals surface area (Å²) in [6.07, 6.45) is 7.42. The van der Waals surface area contributed by atoms with Gasteiger partial charge in [-0.15, -0.1) is 0 Å². The third-order valence-corrected chi connectivity index (χ3v) is 4.43. The molecule has 1 atom stereocenters. The normalized spacial score (nSPS) is 22.8. The number of hydrogen-bond donors (Lipinski definition) is 1. The molecule has 1 fully saturated rings. The maximum atomic E-state index is 12.3. The Balaban J connectivity index is 1.59. The minimum absolute atomic E-state index is 0.0178. The number of amides is 1. The highest BCUT2D eigenvalue weighted by molar-refractivity contribution is 6.30. The van der Waals surface area contributed by atoms with E-state index in [2.05, 4.69) is 5.32 Å². The lowest BCUT2D eigenvalue weighted by molar-refractivity contribution is -0.128. The molecule has 1 heterocycles. The van der Waals surface area contributed by atoms with Crippen molar-refractivity contribution in [2.24, 2.45) is 0 Å². The third kappa shape index (κ3) is 3.09. The number of nitrogens with one attached hydrogen (secondary N) is 1. The van der Waals surface area contributed by atoms with Crippen LogP contribution in [-0.4, -0.2) is 18.1 Å². The molecule has 20 heavy (non-hydrogen) atoms. The van der Waals surface area contributed by atoms with Crippen LogP contribution in [0.15, 0.2) is 18.2 Å². The van der Waals surface area contributed by atoms with Crippen LogP contribution in [0.5, 0.6) is 5.75 Å². The molecule has 0 bridgehead atoms. The number of carbonyl (C=O) groups excluding carboxylic acids is 1. The molecule has 3 nitrogen and oxygen atoms in total. The first kappa shape index (κ1) is 13.7. The highest BCUT2D eigenvalue weighted by atomic mass is 35.5. The van der Waals surface area contributed by atoms with Crippen LogP contribution in [0, 0.1) is 0 Å². The Morgan fingerprint density at radius 1 is 1.20 bits per heavy atom. The van der Waals surface area contributed by atoms with E-state index in [9.17, 15) is 4.79 Å². The van der Waals surface area contributed by atoms with E-state index in [0.717, 1.165) is 24.2 Å². The van der Waals surface area contributed by atoms with Gasteiger partial charge >= 0.3 is 0 Å². The Morgan fingerprint density at radius 2 is 1.95 bits per heavy atom. The summed E-state index contributed by atoms with van der Waals surface area (Å²) in [5.41, 5.74) is 1.03. The second-order valence-corrected chi connectivity index (χ2v) is 6.20. The van der Waals surface area contributed by atoms with Crippen LogP contribution in [0.3, 0.4) is 0 Å². The molecule has 2 aliphatic rings. The van der Waals surface area contributed by atoms with E-state index in [1.807, 2.05) is 12.1 Å². The largest absolute Gasteiger partial charge is 0.480 e. The first-order valence-electron chi connectivity index (χ1n) is 7.48. The van der Waals surface area contributed by atoms with Gasteiger partial charge in [-0.05, 0) is 36.6 Å². The minimum Gasteiger partial charge on any atom is -0.480 e. The molecule has 1 saturated carbocycles. The molecule has 1 N–H and O–H groups in total. The van der Waals surface area contributed by atoms with Crippen molar-refractivity contribution in [2.45, 2.75) is 57.1 Å². The average Bonchev–Trinajstić information content (AvgIpc) is 2.68. The number of hydrogen-bond acceptors (Lipinski definition) is 2. The van der Waals surface area contributed by atoms with Gasteiger partial charge in [-0.1, -0.05) is 37.3 Å². The fourth-order valence-electron chi connectivity index (χ4n) is 3.08. The van der Waals surface area contributed by atoms with Crippen LogP contribution in [0.25, 0.3) is 0 Å². The zero-order valence-corrected chi connectivity index (χ0v) is 12.3. The topological polar surface area (TPSA) is 38.3 Å². The Bertz CT molecular complexity index is 495. The number of ether oxygens (including phenoxy) is 1. The van der Waals surface area contributed by atoms with Gasteiger partial charge in [-0.3, -0.25) is 4.79 Å². The van der Waals surface area contributed by atoms with Gasteiger partial charge in [0.05, 0.1) is 0 Å². The van der Waals surface area contributed by atoms with Gasteiger partial charge < -0.3 is 10.1 Å². The summed E-state index contributed by atoms with van der Waals surface area (Å²) >= 11 is 5.97. The highest BCUT2D eigenvalue weighted by Gasteiger charge is 2.30. The van der Waals surface area contributed by atoms with Crippen molar-refractivity contribution in [1.29, 1.82) is 0 Å². The molecule has 1 aliphatic heterocycles. The molecule has 0 spiro atoms. The zero-order chi connectivity index (χ0) is 13.9. The van der Waals surface area contributed by atoms with Gasteiger partial charge in [0.15, 0.2) is 6.10 Å². The lowest BCUT2D eigenvalue weighted by atomic mass is 10.1. The van der Waals surface area contributed by atoms with Crippen molar-refractivity contribution in [3.8, 4) is 5.75 Å². The van der Waals surface area contributed by atoms with Crippen LogP contribution >= 0.6 is 11.6 Å².